The van der Waals surface area contributed by atoms with E-state index in [2.05, 4.69) is 29.0 Å². The first-order chi connectivity index (χ1) is 10.2. The maximum absolute atomic E-state index is 5.67. The van der Waals surface area contributed by atoms with Crippen LogP contribution in [-0.4, -0.2) is 34.7 Å². The molecule has 6 heteroatoms. The van der Waals surface area contributed by atoms with Gasteiger partial charge < -0.3 is 9.47 Å². The Hall–Kier alpha value is -1.69. The minimum atomic E-state index is 0.380. The number of aromatic amines is 1. The predicted molar refractivity (Wildman–Crippen MR) is 84.3 cm³/mol. The lowest BCUT2D eigenvalue weighted by Gasteiger charge is -2.06. The number of hydrogen-bond acceptors (Lipinski definition) is 5. The average molecular weight is 307 g/mol. The summed E-state index contributed by atoms with van der Waals surface area (Å²) < 4.78 is 10.8. The highest BCUT2D eigenvalue weighted by Gasteiger charge is 2.06. The van der Waals surface area contributed by atoms with Crippen LogP contribution >= 0.6 is 11.8 Å². The summed E-state index contributed by atoms with van der Waals surface area (Å²) in [5, 5.41) is 7.95. The van der Waals surface area contributed by atoms with Crippen LogP contribution in [0.5, 0.6) is 11.5 Å². The van der Waals surface area contributed by atoms with Crippen LogP contribution < -0.4 is 9.47 Å². The van der Waals surface area contributed by atoms with Gasteiger partial charge in [-0.05, 0) is 30.7 Å². The molecule has 1 N–H and O–H groups in total. The molecule has 0 bridgehead atoms. The Labute approximate surface area is 129 Å². The van der Waals surface area contributed by atoms with E-state index in [-0.39, 0.29) is 0 Å². The van der Waals surface area contributed by atoms with Crippen LogP contribution in [0.3, 0.4) is 0 Å². The Balaban J connectivity index is 1.65. The van der Waals surface area contributed by atoms with E-state index >= 15 is 0 Å². The Morgan fingerprint density at radius 1 is 1.19 bits per heavy atom. The lowest BCUT2D eigenvalue weighted by Crippen LogP contribution is -1.98. The summed E-state index contributed by atoms with van der Waals surface area (Å²) in [5.41, 5.74) is 0. The van der Waals surface area contributed by atoms with Crippen LogP contribution in [0.1, 0.15) is 32.0 Å². The van der Waals surface area contributed by atoms with Crippen molar-refractivity contribution in [1.82, 2.24) is 15.2 Å². The quantitative estimate of drug-likeness (QED) is 0.597. The zero-order chi connectivity index (χ0) is 15.1. The highest BCUT2D eigenvalue weighted by Crippen LogP contribution is 2.19. The molecule has 0 atom stereocenters. The van der Waals surface area contributed by atoms with Crippen molar-refractivity contribution in [3.8, 4) is 11.5 Å². The monoisotopic (exact) mass is 307 g/mol. The fraction of sp³-hybridized carbons (Fsp3) is 0.467. The van der Waals surface area contributed by atoms with Crippen LogP contribution in [-0.2, 0) is 0 Å². The number of aromatic nitrogens is 3. The third-order valence-electron chi connectivity index (χ3n) is 2.88. The zero-order valence-corrected chi connectivity index (χ0v) is 13.4. The molecule has 1 aromatic carbocycles. The van der Waals surface area contributed by atoms with E-state index in [1.54, 1.807) is 18.9 Å². The molecule has 1 aromatic heterocycles. The molecule has 0 saturated heterocycles. The van der Waals surface area contributed by atoms with Gasteiger partial charge in [0.2, 0.25) is 5.16 Å². The van der Waals surface area contributed by atoms with Gasteiger partial charge in [0, 0.05) is 11.7 Å². The van der Waals surface area contributed by atoms with Crippen molar-refractivity contribution in [1.29, 1.82) is 0 Å². The number of hydrogen-bond donors (Lipinski definition) is 1. The minimum Gasteiger partial charge on any atom is -0.497 e. The van der Waals surface area contributed by atoms with Crippen molar-refractivity contribution in [2.75, 3.05) is 19.5 Å². The molecule has 0 amide bonds. The number of nitrogens with one attached hydrogen (secondary N) is 1. The lowest BCUT2D eigenvalue weighted by molar-refractivity contribution is 0.318. The van der Waals surface area contributed by atoms with Crippen LogP contribution in [0.2, 0.25) is 0 Å². The molecule has 0 aliphatic heterocycles. The van der Waals surface area contributed by atoms with Crippen molar-refractivity contribution in [3.05, 3.63) is 30.1 Å². The van der Waals surface area contributed by atoms with Gasteiger partial charge in [-0.25, -0.2) is 4.98 Å². The molecular formula is C15H21N3O2S. The van der Waals surface area contributed by atoms with Gasteiger partial charge in [-0.15, -0.1) is 5.10 Å². The maximum atomic E-state index is 5.67. The summed E-state index contributed by atoms with van der Waals surface area (Å²) in [7, 11) is 1.65. The summed E-state index contributed by atoms with van der Waals surface area (Å²) in [4.78, 5) is 4.43. The van der Waals surface area contributed by atoms with E-state index in [9.17, 15) is 0 Å². The second kappa shape index (κ2) is 7.93. The lowest BCUT2D eigenvalue weighted by atomic mass is 10.2. The van der Waals surface area contributed by atoms with Crippen molar-refractivity contribution < 1.29 is 9.47 Å². The molecule has 0 aliphatic carbocycles. The fourth-order valence-corrected chi connectivity index (χ4v) is 2.38. The van der Waals surface area contributed by atoms with Crippen LogP contribution in [0.15, 0.2) is 29.4 Å². The maximum Gasteiger partial charge on any atom is 0.208 e. The third kappa shape index (κ3) is 4.97. The van der Waals surface area contributed by atoms with Gasteiger partial charge in [0.1, 0.15) is 17.3 Å². The van der Waals surface area contributed by atoms with E-state index in [1.807, 2.05) is 24.3 Å². The summed E-state index contributed by atoms with van der Waals surface area (Å²) in [6, 6.07) is 7.61. The number of H-pyrrole nitrogens is 1. The van der Waals surface area contributed by atoms with E-state index in [0.717, 1.165) is 34.7 Å². The summed E-state index contributed by atoms with van der Waals surface area (Å²) in [6.45, 7) is 4.87. The number of rotatable bonds is 8. The molecule has 1 heterocycles. The number of thioether (sulfide) groups is 1. The number of ether oxygens (including phenoxy) is 2. The highest BCUT2D eigenvalue weighted by atomic mass is 32.2. The minimum absolute atomic E-state index is 0.380. The Bertz CT molecular complexity index is 540. The molecular weight excluding hydrogens is 286 g/mol. The Kier molecular flexibility index (Phi) is 5.92. The first-order valence-corrected chi connectivity index (χ1v) is 7.99. The summed E-state index contributed by atoms with van der Waals surface area (Å²) >= 11 is 1.65. The van der Waals surface area contributed by atoms with Crippen molar-refractivity contribution in [2.24, 2.45) is 0 Å². The molecule has 0 saturated carbocycles. The predicted octanol–water partition coefficient (Wildman–Crippen LogP) is 3.50. The van der Waals surface area contributed by atoms with Crippen molar-refractivity contribution in [2.45, 2.75) is 31.3 Å². The summed E-state index contributed by atoms with van der Waals surface area (Å²) in [6.07, 6.45) is 0.947. The van der Waals surface area contributed by atoms with E-state index in [0.29, 0.717) is 12.5 Å². The highest BCUT2D eigenvalue weighted by molar-refractivity contribution is 7.99. The zero-order valence-electron chi connectivity index (χ0n) is 12.6. The van der Waals surface area contributed by atoms with Crippen molar-refractivity contribution >= 4 is 11.8 Å². The van der Waals surface area contributed by atoms with Gasteiger partial charge >= 0.3 is 0 Å². The third-order valence-corrected chi connectivity index (χ3v) is 3.81. The Morgan fingerprint density at radius 2 is 1.90 bits per heavy atom. The normalized spacial score (nSPS) is 10.9. The van der Waals surface area contributed by atoms with Gasteiger partial charge in [-0.1, -0.05) is 25.6 Å². The van der Waals surface area contributed by atoms with E-state index < -0.39 is 0 Å². The number of methoxy groups -OCH3 is 1. The first-order valence-electron chi connectivity index (χ1n) is 7.01. The van der Waals surface area contributed by atoms with Gasteiger partial charge in [0.25, 0.3) is 0 Å². The van der Waals surface area contributed by atoms with Crippen LogP contribution in [0.25, 0.3) is 0 Å². The molecule has 0 fully saturated rings. The van der Waals surface area contributed by atoms with Crippen molar-refractivity contribution in [3.63, 3.8) is 0 Å². The molecule has 2 rings (SSSR count). The fourth-order valence-electron chi connectivity index (χ4n) is 1.67. The number of benzene rings is 1. The smallest absolute Gasteiger partial charge is 0.208 e. The molecule has 21 heavy (non-hydrogen) atoms. The molecule has 0 aliphatic rings. The molecule has 5 nitrogen and oxygen atoms in total. The van der Waals surface area contributed by atoms with Gasteiger partial charge in [-0.3, -0.25) is 5.10 Å². The molecule has 114 valence electrons. The molecule has 0 radical (unpaired) electrons. The van der Waals surface area contributed by atoms with Gasteiger partial charge in [-0.2, -0.15) is 0 Å². The first kappa shape index (κ1) is 15.7. The summed E-state index contributed by atoms with van der Waals surface area (Å²) in [5.74, 6) is 3.95. The Morgan fingerprint density at radius 3 is 2.52 bits per heavy atom. The standard InChI is InChI=1S/C15H21N3O2S/c1-11(2)14-16-15(18-17-14)21-10-4-9-20-13-7-5-12(19-3)6-8-13/h5-8,11H,4,9-10H2,1-3H3,(H,16,17,18). The SMILES string of the molecule is COc1ccc(OCCCSc2n[nH]c(C(C)C)n2)cc1. The van der Waals surface area contributed by atoms with Crippen LogP contribution in [0.4, 0.5) is 0 Å². The van der Waals surface area contributed by atoms with Crippen LogP contribution in [0, 0.1) is 0 Å². The average Bonchev–Trinajstić information content (AvgIpc) is 2.97. The van der Waals surface area contributed by atoms with Gasteiger partial charge in [0.15, 0.2) is 0 Å². The topological polar surface area (TPSA) is 60.0 Å². The molecule has 0 spiro atoms. The number of nitrogens with zero attached hydrogens (tertiary/aromatic N) is 2. The van der Waals surface area contributed by atoms with Gasteiger partial charge in [0.05, 0.1) is 13.7 Å². The second-order valence-corrected chi connectivity index (χ2v) is 5.95. The van der Waals surface area contributed by atoms with E-state index in [1.165, 1.54) is 0 Å². The largest absolute Gasteiger partial charge is 0.497 e. The van der Waals surface area contributed by atoms with E-state index in [4.69, 9.17) is 9.47 Å². The second-order valence-electron chi connectivity index (χ2n) is 4.88. The molecule has 0 unspecified atom stereocenters. The molecule has 2 aromatic rings.